The molecule has 0 unspecified atom stereocenters. The molecule has 204 valence electrons. The van der Waals surface area contributed by atoms with Gasteiger partial charge in [0.05, 0.1) is 34.9 Å². The number of carbonyl (C=O) groups excluding carboxylic acids is 1. The third-order valence-electron chi connectivity index (χ3n) is 6.24. The maximum absolute atomic E-state index is 13.8. The van der Waals surface area contributed by atoms with Crippen molar-refractivity contribution < 1.29 is 23.6 Å². The molecule has 40 heavy (non-hydrogen) atoms. The molecule has 0 fully saturated rings. The molecule has 4 aromatic rings. The van der Waals surface area contributed by atoms with E-state index in [9.17, 15) is 19.7 Å². The highest BCUT2D eigenvalue weighted by Crippen LogP contribution is 2.37. The van der Waals surface area contributed by atoms with Crippen molar-refractivity contribution in [2.24, 2.45) is 4.99 Å². The lowest BCUT2D eigenvalue weighted by Crippen LogP contribution is -2.40. The van der Waals surface area contributed by atoms with E-state index in [-0.39, 0.29) is 11.3 Å². The Labute approximate surface area is 243 Å². The molecule has 0 spiro atoms. The molecule has 3 heterocycles. The third kappa shape index (κ3) is 4.89. The van der Waals surface area contributed by atoms with Gasteiger partial charge in [-0.1, -0.05) is 22.9 Å². The Balaban J connectivity index is 1.65. The summed E-state index contributed by atoms with van der Waals surface area (Å²) in [7, 11) is 2.75. The Bertz CT molecular complexity index is 1910. The number of thiazole rings is 1. The van der Waals surface area contributed by atoms with Crippen LogP contribution in [0.1, 0.15) is 24.3 Å². The summed E-state index contributed by atoms with van der Waals surface area (Å²) in [4.78, 5) is 42.2. The Morgan fingerprint density at radius 1 is 1.23 bits per heavy atom. The fourth-order valence-corrected chi connectivity index (χ4v) is 6.20. The van der Waals surface area contributed by atoms with Gasteiger partial charge in [0.2, 0.25) is 0 Å². The van der Waals surface area contributed by atoms with Crippen LogP contribution in [0, 0.1) is 10.1 Å². The van der Waals surface area contributed by atoms with Crippen LogP contribution in [0.2, 0.25) is 5.02 Å². The summed E-state index contributed by atoms with van der Waals surface area (Å²) in [6.07, 6.45) is 1.58. The van der Waals surface area contributed by atoms with Gasteiger partial charge in [0.15, 0.2) is 4.80 Å². The molecule has 2 aromatic carbocycles. The molecular weight excluding hydrogens is 626 g/mol. The van der Waals surface area contributed by atoms with E-state index in [2.05, 4.69) is 20.9 Å². The van der Waals surface area contributed by atoms with Crippen LogP contribution in [0.4, 0.5) is 5.69 Å². The Kier molecular flexibility index (Phi) is 7.49. The number of rotatable bonds is 6. The lowest BCUT2D eigenvalue weighted by Gasteiger charge is -2.25. The van der Waals surface area contributed by atoms with E-state index in [0.717, 1.165) is 11.3 Å². The van der Waals surface area contributed by atoms with Crippen molar-refractivity contribution in [3.63, 3.8) is 0 Å². The molecule has 5 rings (SSSR count). The van der Waals surface area contributed by atoms with Gasteiger partial charge < -0.3 is 13.9 Å². The largest absolute Gasteiger partial charge is 0.496 e. The molecule has 0 amide bonds. The summed E-state index contributed by atoms with van der Waals surface area (Å²) in [5.74, 6) is 0.633. The lowest BCUT2D eigenvalue weighted by atomic mass is 9.95. The summed E-state index contributed by atoms with van der Waals surface area (Å²) in [5, 5.41) is 11.5. The minimum atomic E-state index is -0.900. The second-order valence-corrected chi connectivity index (χ2v) is 10.9. The van der Waals surface area contributed by atoms with Gasteiger partial charge in [0.25, 0.3) is 11.2 Å². The molecule has 1 atom stereocenters. The zero-order chi connectivity index (χ0) is 28.7. The fourth-order valence-electron chi connectivity index (χ4n) is 4.43. The number of furan rings is 1. The van der Waals surface area contributed by atoms with Crippen LogP contribution in [0.15, 0.2) is 78.5 Å². The number of benzene rings is 2. The van der Waals surface area contributed by atoms with Crippen LogP contribution < -0.4 is 19.6 Å². The molecule has 0 bridgehead atoms. The van der Waals surface area contributed by atoms with Gasteiger partial charge in [-0.2, -0.15) is 0 Å². The summed E-state index contributed by atoms with van der Waals surface area (Å²) < 4.78 is 18.8. The van der Waals surface area contributed by atoms with Gasteiger partial charge in [-0.15, -0.1) is 0 Å². The van der Waals surface area contributed by atoms with E-state index in [4.69, 9.17) is 25.5 Å². The zero-order valence-electron chi connectivity index (χ0n) is 21.1. The smallest absolute Gasteiger partial charge is 0.338 e. The molecule has 0 saturated heterocycles. The number of halogens is 2. The topological polar surface area (TPSA) is 126 Å². The molecule has 10 nitrogen and oxygen atoms in total. The second kappa shape index (κ2) is 10.9. The number of nitro groups is 1. The highest BCUT2D eigenvalue weighted by atomic mass is 79.9. The maximum Gasteiger partial charge on any atom is 0.338 e. The summed E-state index contributed by atoms with van der Waals surface area (Å²) in [6.45, 7) is 1.67. The fraction of sp³-hybridized carbons (Fsp3) is 0.148. The van der Waals surface area contributed by atoms with E-state index < -0.39 is 22.5 Å². The lowest BCUT2D eigenvalue weighted by molar-refractivity contribution is -0.384. The van der Waals surface area contributed by atoms with E-state index in [1.54, 1.807) is 49.4 Å². The van der Waals surface area contributed by atoms with E-state index in [1.807, 2.05) is 0 Å². The van der Waals surface area contributed by atoms with Crippen LogP contribution in [0.25, 0.3) is 17.4 Å². The minimum absolute atomic E-state index is 0.0592. The van der Waals surface area contributed by atoms with E-state index in [0.29, 0.717) is 52.9 Å². The van der Waals surface area contributed by atoms with Crippen molar-refractivity contribution in [3.05, 3.63) is 110 Å². The number of hydrogen-bond donors (Lipinski definition) is 0. The summed E-state index contributed by atoms with van der Waals surface area (Å²) in [6, 6.07) is 11.8. The molecular formula is C27H19BrClN3O7S. The van der Waals surface area contributed by atoms with Gasteiger partial charge >= 0.3 is 5.97 Å². The number of ether oxygens (including phenoxy) is 2. The number of fused-ring (bicyclic) bond motifs is 1. The third-order valence-corrected chi connectivity index (χ3v) is 8.12. The maximum atomic E-state index is 13.8. The minimum Gasteiger partial charge on any atom is -0.496 e. The van der Waals surface area contributed by atoms with Crippen molar-refractivity contribution in [2.75, 3.05) is 14.2 Å². The molecule has 1 aliphatic rings. The predicted octanol–water partition coefficient (Wildman–Crippen LogP) is 5.00. The van der Waals surface area contributed by atoms with Crippen LogP contribution in [-0.2, 0) is 9.53 Å². The average Bonchev–Trinajstić information content (AvgIpc) is 3.51. The van der Waals surface area contributed by atoms with E-state index >= 15 is 0 Å². The van der Waals surface area contributed by atoms with Crippen molar-refractivity contribution in [1.82, 2.24) is 4.57 Å². The van der Waals surface area contributed by atoms with Crippen LogP contribution in [0.3, 0.4) is 0 Å². The number of non-ortho nitro benzene ring substituents is 1. The Morgan fingerprint density at radius 2 is 2.00 bits per heavy atom. The average molecular weight is 645 g/mol. The Hall–Kier alpha value is -4.00. The van der Waals surface area contributed by atoms with E-state index in [1.165, 1.54) is 30.9 Å². The van der Waals surface area contributed by atoms with Crippen LogP contribution in [0.5, 0.6) is 5.75 Å². The first kappa shape index (κ1) is 27.6. The molecule has 0 saturated carbocycles. The first-order valence-electron chi connectivity index (χ1n) is 11.6. The van der Waals surface area contributed by atoms with Gasteiger partial charge in [-0.25, -0.2) is 9.79 Å². The number of carbonyl (C=O) groups is 1. The van der Waals surface area contributed by atoms with Gasteiger partial charge in [-0.3, -0.25) is 19.5 Å². The summed E-state index contributed by atoms with van der Waals surface area (Å²) in [5.41, 5.74) is 1.23. The number of nitrogens with zero attached hydrogens (tertiary/aromatic N) is 3. The molecule has 0 radical (unpaired) electrons. The number of allylic oxidation sites excluding steroid dienone is 1. The number of hydrogen-bond acceptors (Lipinski definition) is 9. The Morgan fingerprint density at radius 3 is 2.67 bits per heavy atom. The quantitative estimate of drug-likeness (QED) is 0.164. The predicted molar refractivity (Wildman–Crippen MR) is 152 cm³/mol. The number of methoxy groups -OCH3 is 2. The van der Waals surface area contributed by atoms with Gasteiger partial charge in [-0.05, 0) is 59.3 Å². The molecule has 13 heteroatoms. The SMILES string of the molecule is COC(=O)C1=C(C)N=c2s/c(=C\c3ccc(-c4ccc([N+](=O)[O-])cc4Br)o3)c(=O)n2[C@@H]1c1cc(Cl)ccc1OC. The monoisotopic (exact) mass is 643 g/mol. The highest BCUT2D eigenvalue weighted by Gasteiger charge is 2.35. The van der Waals surface area contributed by atoms with Crippen LogP contribution in [-0.4, -0.2) is 29.7 Å². The van der Waals surface area contributed by atoms with Gasteiger partial charge in [0, 0.05) is 38.8 Å². The first-order valence-corrected chi connectivity index (χ1v) is 13.6. The van der Waals surface area contributed by atoms with Gasteiger partial charge in [0.1, 0.15) is 23.3 Å². The second-order valence-electron chi connectivity index (χ2n) is 8.58. The first-order chi connectivity index (χ1) is 19.1. The summed E-state index contributed by atoms with van der Waals surface area (Å²) >= 11 is 10.8. The van der Waals surface area contributed by atoms with Crippen LogP contribution >= 0.6 is 38.9 Å². The van der Waals surface area contributed by atoms with Crippen molar-refractivity contribution >= 4 is 56.6 Å². The van der Waals surface area contributed by atoms with Crippen molar-refractivity contribution in [1.29, 1.82) is 0 Å². The molecule has 0 aliphatic carbocycles. The normalized spacial score (nSPS) is 15.0. The molecule has 0 N–H and O–H groups in total. The number of aromatic nitrogens is 1. The molecule has 2 aromatic heterocycles. The van der Waals surface area contributed by atoms with Crippen molar-refractivity contribution in [3.8, 4) is 17.1 Å². The zero-order valence-corrected chi connectivity index (χ0v) is 24.3. The number of nitro benzene ring substituents is 1. The standard InChI is InChI=1S/C27H19BrClN3O7S/c1-13-23(26(34)38-3)24(18-10-14(29)4-8-20(18)37-2)31-25(33)22(40-27(31)30-13)12-16-6-9-21(39-16)17-7-5-15(32(35)36)11-19(17)28/h4-12,24H,1-3H3/b22-12-/t24-/m1/s1. The molecule has 1 aliphatic heterocycles. The highest BCUT2D eigenvalue weighted by molar-refractivity contribution is 9.10. The number of esters is 1. The van der Waals surface area contributed by atoms with Crippen molar-refractivity contribution in [2.45, 2.75) is 13.0 Å².